The van der Waals surface area contributed by atoms with E-state index in [0.29, 0.717) is 18.7 Å². The lowest BCUT2D eigenvalue weighted by Gasteiger charge is -2.38. The number of benzene rings is 1. The molecule has 1 atom stereocenters. The number of nitrogens with one attached hydrogen (secondary N) is 1. The molecule has 0 saturated carbocycles. The third-order valence-electron chi connectivity index (χ3n) is 5.36. The van der Waals surface area contributed by atoms with Crippen molar-refractivity contribution >= 4 is 49.5 Å². The number of alkyl halides is 3. The highest BCUT2D eigenvalue weighted by Gasteiger charge is 2.46. The molecule has 1 N–H and O–H groups in total. The number of halogens is 3. The second-order valence-corrected chi connectivity index (χ2v) is 12.2. The van der Waals surface area contributed by atoms with Crippen molar-refractivity contribution < 1.29 is 31.1 Å². The maximum Gasteiger partial charge on any atom is 0.516 e. The summed E-state index contributed by atoms with van der Waals surface area (Å²) >= 11 is 0.787. The van der Waals surface area contributed by atoms with E-state index >= 15 is 0 Å². The van der Waals surface area contributed by atoms with Crippen molar-refractivity contribution in [1.82, 2.24) is 10.2 Å². The molecule has 10 nitrogen and oxygen atoms in total. The molecule has 1 unspecified atom stereocenters. The summed E-state index contributed by atoms with van der Waals surface area (Å²) in [5.74, 6) is -0.292. The fourth-order valence-corrected chi connectivity index (χ4v) is 4.75. The molecule has 1 aliphatic heterocycles. The molecule has 0 fully saturated rings. The average molecular weight is 563 g/mol. The van der Waals surface area contributed by atoms with Gasteiger partial charge in [0, 0.05) is 18.3 Å². The van der Waals surface area contributed by atoms with Gasteiger partial charge in [-0.2, -0.15) is 21.6 Å². The Balaban J connectivity index is 1.99. The minimum atomic E-state index is -5.71. The zero-order chi connectivity index (χ0) is 27.5. The van der Waals surface area contributed by atoms with E-state index in [-0.39, 0.29) is 46.0 Å². The summed E-state index contributed by atoms with van der Waals surface area (Å²) in [6.45, 7) is 10.6. The highest BCUT2D eigenvalue weighted by atomic mass is 32.2. The molecule has 1 aliphatic rings. The molecule has 0 saturated heterocycles. The lowest BCUT2D eigenvalue weighted by Crippen LogP contribution is -2.39. The highest BCUT2D eigenvalue weighted by molar-refractivity contribution is 7.93. The number of hydrogen-bond acceptors (Lipinski definition) is 10. The van der Waals surface area contributed by atoms with E-state index < -0.39 is 21.5 Å². The van der Waals surface area contributed by atoms with Crippen LogP contribution in [0, 0.1) is 11.8 Å². The minimum Gasteiger partial charge on any atom is -0.460 e. The topological polar surface area (TPSA) is 126 Å². The third-order valence-corrected chi connectivity index (χ3v) is 7.25. The molecule has 0 bridgehead atoms. The van der Waals surface area contributed by atoms with E-state index in [4.69, 9.17) is 4.74 Å². The Labute approximate surface area is 217 Å². The molecule has 37 heavy (non-hydrogen) atoms. The van der Waals surface area contributed by atoms with Gasteiger partial charge in [0.2, 0.25) is 5.01 Å². The number of esters is 1. The maximum atomic E-state index is 13.2. The molecule has 1 aromatic carbocycles. The van der Waals surface area contributed by atoms with Crippen LogP contribution in [-0.2, 0) is 21.2 Å². The van der Waals surface area contributed by atoms with E-state index in [1.54, 1.807) is 4.72 Å². The van der Waals surface area contributed by atoms with Crippen LogP contribution in [0.25, 0.3) is 0 Å². The molecule has 0 spiro atoms. The Bertz CT molecular complexity index is 1260. The van der Waals surface area contributed by atoms with Crippen molar-refractivity contribution in [3.05, 3.63) is 22.7 Å². The number of carbonyl (C=O) groups excluding carboxylic acids is 1. The number of carbonyl (C=O) groups is 1. The highest BCUT2D eigenvalue weighted by Crippen LogP contribution is 2.41. The first-order valence-corrected chi connectivity index (χ1v) is 13.9. The molecule has 0 amide bonds. The Hall–Kier alpha value is -2.81. The van der Waals surface area contributed by atoms with Crippen LogP contribution in [0.4, 0.5) is 35.4 Å². The number of fused-ring (bicyclic) bond motifs is 1. The molecule has 2 aromatic rings. The second-order valence-electron chi connectivity index (χ2n) is 9.57. The Morgan fingerprint density at radius 1 is 1.22 bits per heavy atom. The molecule has 3 rings (SSSR count). The Kier molecular flexibility index (Phi) is 8.78. The van der Waals surface area contributed by atoms with Gasteiger partial charge < -0.3 is 9.64 Å². The van der Waals surface area contributed by atoms with Crippen LogP contribution in [0.5, 0.6) is 0 Å². The third kappa shape index (κ3) is 7.15. The number of aromatic nitrogens is 2. The van der Waals surface area contributed by atoms with Crippen LogP contribution in [0.15, 0.2) is 22.4 Å². The summed E-state index contributed by atoms with van der Waals surface area (Å²) in [6, 6.07) is 3.00. The van der Waals surface area contributed by atoms with Gasteiger partial charge in [0.05, 0.1) is 12.3 Å². The van der Waals surface area contributed by atoms with E-state index in [9.17, 15) is 26.4 Å². The summed E-state index contributed by atoms with van der Waals surface area (Å²) in [7, 11) is -5.71. The zero-order valence-electron chi connectivity index (χ0n) is 21.0. The van der Waals surface area contributed by atoms with Crippen LogP contribution in [0.1, 0.15) is 56.4 Å². The molecule has 0 aliphatic carbocycles. The number of azo groups is 1. The zero-order valence-corrected chi connectivity index (χ0v) is 22.7. The smallest absolute Gasteiger partial charge is 0.460 e. The molecule has 2 heterocycles. The van der Waals surface area contributed by atoms with Crippen LogP contribution in [0.3, 0.4) is 0 Å². The maximum absolute atomic E-state index is 13.2. The van der Waals surface area contributed by atoms with E-state index in [0.717, 1.165) is 23.3 Å². The predicted molar refractivity (Wildman–Crippen MR) is 134 cm³/mol. The number of aryl methyl sites for hydroxylation is 1. The summed E-state index contributed by atoms with van der Waals surface area (Å²) in [5, 5.41) is 15.2. The number of sulfonamides is 1. The standard InChI is InChI=1S/C22H29F3N6O4S2/c1-12(2)10-31-14(5)6-7-15-8-16(17(9-18(15)31)30-37(33,34)22(23,24)25)26-28-21-29-27-19(36-21)20(32)35-11-13(3)4/h8-9,12-14,30H,6-7,10-11H2,1-5H3. The summed E-state index contributed by atoms with van der Waals surface area (Å²) < 4.78 is 70.1. The number of ether oxygens (including phenoxy) is 1. The summed E-state index contributed by atoms with van der Waals surface area (Å²) in [4.78, 5) is 14.1. The first kappa shape index (κ1) is 28.8. The van der Waals surface area contributed by atoms with Gasteiger partial charge in [0.15, 0.2) is 0 Å². The van der Waals surface area contributed by atoms with Crippen molar-refractivity contribution in [2.45, 2.75) is 59.0 Å². The average Bonchev–Trinajstić information content (AvgIpc) is 3.26. The van der Waals surface area contributed by atoms with Crippen molar-refractivity contribution in [3.63, 3.8) is 0 Å². The van der Waals surface area contributed by atoms with Crippen molar-refractivity contribution in [1.29, 1.82) is 0 Å². The van der Waals surface area contributed by atoms with Gasteiger partial charge in [-0.15, -0.1) is 20.4 Å². The van der Waals surface area contributed by atoms with Crippen LogP contribution < -0.4 is 9.62 Å². The SMILES string of the molecule is CC(C)COC(=O)c1nnc(N=Nc2cc3c(cc2NS(=O)(=O)C(F)(F)F)N(CC(C)C)C(C)CC3)s1. The molecule has 1 aromatic heterocycles. The van der Waals surface area contributed by atoms with E-state index in [1.165, 1.54) is 12.1 Å². The van der Waals surface area contributed by atoms with Gasteiger partial charge in [-0.05, 0) is 49.3 Å². The van der Waals surface area contributed by atoms with E-state index in [2.05, 4.69) is 25.3 Å². The molecule has 15 heteroatoms. The second kappa shape index (κ2) is 11.3. The summed E-state index contributed by atoms with van der Waals surface area (Å²) in [5.41, 5.74) is -4.57. The van der Waals surface area contributed by atoms with Crippen LogP contribution in [0.2, 0.25) is 0 Å². The largest absolute Gasteiger partial charge is 0.516 e. The minimum absolute atomic E-state index is 0.0473. The van der Waals surface area contributed by atoms with Gasteiger partial charge in [0.25, 0.3) is 5.13 Å². The predicted octanol–water partition coefficient (Wildman–Crippen LogP) is 5.82. The van der Waals surface area contributed by atoms with Crippen molar-refractivity contribution in [3.8, 4) is 0 Å². The number of anilines is 2. The van der Waals surface area contributed by atoms with Gasteiger partial charge in [-0.25, -0.2) is 4.79 Å². The molecular weight excluding hydrogens is 533 g/mol. The lowest BCUT2D eigenvalue weighted by molar-refractivity contribution is -0.0429. The normalized spacial score (nSPS) is 16.5. The molecular formula is C22H29F3N6O4S2. The van der Waals surface area contributed by atoms with Gasteiger partial charge in [-0.1, -0.05) is 39.0 Å². The summed E-state index contributed by atoms with van der Waals surface area (Å²) in [6.07, 6.45) is 1.44. The molecule has 0 radical (unpaired) electrons. The van der Waals surface area contributed by atoms with Crippen LogP contribution in [-0.4, -0.2) is 49.3 Å². The molecule has 204 valence electrons. The van der Waals surface area contributed by atoms with Crippen molar-refractivity contribution in [2.75, 3.05) is 22.8 Å². The first-order chi connectivity index (χ1) is 17.2. The number of nitrogens with zero attached hydrogens (tertiary/aromatic N) is 5. The monoisotopic (exact) mass is 562 g/mol. The Morgan fingerprint density at radius 3 is 2.54 bits per heavy atom. The van der Waals surface area contributed by atoms with Crippen molar-refractivity contribution in [2.24, 2.45) is 22.1 Å². The fraction of sp³-hybridized carbons (Fsp3) is 0.591. The van der Waals surface area contributed by atoms with Gasteiger partial charge >= 0.3 is 21.5 Å². The Morgan fingerprint density at radius 2 is 1.92 bits per heavy atom. The number of hydrogen-bond donors (Lipinski definition) is 1. The quantitative estimate of drug-likeness (QED) is 0.301. The number of rotatable bonds is 9. The first-order valence-electron chi connectivity index (χ1n) is 11.6. The van der Waals surface area contributed by atoms with Gasteiger partial charge in [0.1, 0.15) is 5.69 Å². The van der Waals surface area contributed by atoms with Crippen LogP contribution >= 0.6 is 11.3 Å². The van der Waals surface area contributed by atoms with Gasteiger partial charge in [-0.3, -0.25) is 4.72 Å². The lowest BCUT2D eigenvalue weighted by atomic mass is 9.94. The van der Waals surface area contributed by atoms with E-state index in [1.807, 2.05) is 34.6 Å². The fourth-order valence-electron chi connectivity index (χ4n) is 3.62.